The number of pyridine rings is 1. The van der Waals surface area contributed by atoms with Gasteiger partial charge in [-0.15, -0.1) is 0 Å². The molecule has 2 amide bonds. The summed E-state index contributed by atoms with van der Waals surface area (Å²) in [5.74, 6) is -1.30. The van der Waals surface area contributed by atoms with E-state index in [4.69, 9.17) is 10.2 Å². The van der Waals surface area contributed by atoms with Crippen molar-refractivity contribution in [1.82, 2.24) is 15.6 Å². The van der Waals surface area contributed by atoms with Crippen molar-refractivity contribution in [2.24, 2.45) is 0 Å². The van der Waals surface area contributed by atoms with Gasteiger partial charge in [0, 0.05) is 31.9 Å². The van der Waals surface area contributed by atoms with Gasteiger partial charge in [0.15, 0.2) is 6.10 Å². The van der Waals surface area contributed by atoms with Gasteiger partial charge < -0.3 is 20.8 Å². The number of carboxylic acid groups (broad SMARTS) is 1. The molecule has 0 fully saturated rings. The Labute approximate surface area is 104 Å². The maximum absolute atomic E-state index is 11.3. The molecular formula is C11H15N3O4. The highest BCUT2D eigenvalue weighted by atomic mass is 16.4. The number of nitrogens with zero attached hydrogens (tertiary/aromatic N) is 1. The number of rotatable bonds is 6. The minimum Gasteiger partial charge on any atom is -0.479 e. The maximum atomic E-state index is 11.3. The quantitative estimate of drug-likeness (QED) is 0.557. The maximum Gasteiger partial charge on any atom is 0.332 e. The van der Waals surface area contributed by atoms with Crippen molar-refractivity contribution in [3.63, 3.8) is 0 Å². The number of nitrogens with one attached hydrogen (secondary N) is 2. The van der Waals surface area contributed by atoms with Gasteiger partial charge in [-0.05, 0) is 17.7 Å². The molecule has 7 heteroatoms. The van der Waals surface area contributed by atoms with E-state index in [0.29, 0.717) is 6.54 Å². The number of aliphatic hydroxyl groups excluding tert-OH is 1. The van der Waals surface area contributed by atoms with E-state index in [0.717, 1.165) is 5.56 Å². The first-order valence-corrected chi connectivity index (χ1v) is 5.41. The van der Waals surface area contributed by atoms with E-state index in [1.807, 2.05) is 0 Å². The number of carbonyl (C=O) groups is 2. The second-order valence-electron chi connectivity index (χ2n) is 3.61. The van der Waals surface area contributed by atoms with E-state index >= 15 is 0 Å². The third-order valence-electron chi connectivity index (χ3n) is 2.19. The molecule has 0 aromatic carbocycles. The minimum atomic E-state index is -1.45. The fraction of sp³-hybridized carbons (Fsp3) is 0.364. The highest BCUT2D eigenvalue weighted by Gasteiger charge is 2.12. The lowest BCUT2D eigenvalue weighted by Crippen LogP contribution is -2.37. The molecule has 0 saturated carbocycles. The van der Waals surface area contributed by atoms with Gasteiger partial charge in [0.2, 0.25) is 0 Å². The Bertz CT molecular complexity index is 397. The SMILES string of the molecule is O=C(NCC[C@H](O)C(=O)O)NCc1ccncc1. The second-order valence-corrected chi connectivity index (χ2v) is 3.61. The number of carboxylic acids is 1. The number of aliphatic carboxylic acids is 1. The van der Waals surface area contributed by atoms with Gasteiger partial charge in [-0.25, -0.2) is 9.59 Å². The number of urea groups is 1. The van der Waals surface area contributed by atoms with Crippen LogP contribution in [0.4, 0.5) is 4.79 Å². The van der Waals surface area contributed by atoms with Gasteiger partial charge >= 0.3 is 12.0 Å². The first-order valence-electron chi connectivity index (χ1n) is 5.41. The van der Waals surface area contributed by atoms with E-state index in [2.05, 4.69) is 15.6 Å². The third kappa shape index (κ3) is 5.26. The molecule has 1 aromatic heterocycles. The Morgan fingerprint density at radius 2 is 1.94 bits per heavy atom. The van der Waals surface area contributed by atoms with Crippen LogP contribution >= 0.6 is 0 Å². The molecule has 0 unspecified atom stereocenters. The largest absolute Gasteiger partial charge is 0.479 e. The zero-order valence-corrected chi connectivity index (χ0v) is 9.67. The van der Waals surface area contributed by atoms with Crippen LogP contribution in [0, 0.1) is 0 Å². The van der Waals surface area contributed by atoms with Crippen LogP contribution in [0.3, 0.4) is 0 Å². The molecule has 0 radical (unpaired) electrons. The van der Waals surface area contributed by atoms with Crippen LogP contribution in [-0.4, -0.2) is 39.8 Å². The standard InChI is InChI=1S/C11H15N3O4/c15-9(10(16)17)3-6-13-11(18)14-7-8-1-4-12-5-2-8/h1-2,4-5,9,15H,3,6-7H2,(H,16,17)(H2,13,14,18)/t9-/m0/s1. The molecule has 0 aliphatic rings. The smallest absolute Gasteiger partial charge is 0.332 e. The van der Waals surface area contributed by atoms with E-state index in [1.54, 1.807) is 24.5 Å². The minimum absolute atomic E-state index is 0.0298. The van der Waals surface area contributed by atoms with Crippen molar-refractivity contribution in [2.75, 3.05) is 6.54 Å². The number of aromatic nitrogens is 1. The average molecular weight is 253 g/mol. The van der Waals surface area contributed by atoms with E-state index < -0.39 is 18.1 Å². The summed E-state index contributed by atoms with van der Waals surface area (Å²) in [6, 6.07) is 3.13. The topological polar surface area (TPSA) is 112 Å². The molecule has 7 nitrogen and oxygen atoms in total. The molecule has 0 aliphatic heterocycles. The van der Waals surface area contributed by atoms with Crippen LogP contribution in [0.15, 0.2) is 24.5 Å². The molecule has 0 bridgehead atoms. The van der Waals surface area contributed by atoms with Crippen molar-refractivity contribution in [3.8, 4) is 0 Å². The van der Waals surface area contributed by atoms with Gasteiger partial charge in [0.25, 0.3) is 0 Å². The summed E-state index contributed by atoms with van der Waals surface area (Å²) in [5.41, 5.74) is 0.908. The Hall–Kier alpha value is -2.15. The van der Waals surface area contributed by atoms with Gasteiger partial charge in [-0.1, -0.05) is 0 Å². The highest BCUT2D eigenvalue weighted by Crippen LogP contribution is 1.94. The molecule has 0 saturated heterocycles. The molecular weight excluding hydrogens is 238 g/mol. The molecule has 98 valence electrons. The number of hydrogen-bond acceptors (Lipinski definition) is 4. The monoisotopic (exact) mass is 253 g/mol. The Kier molecular flexibility index (Phi) is 5.59. The highest BCUT2D eigenvalue weighted by molar-refractivity contribution is 5.74. The first kappa shape index (κ1) is 13.9. The molecule has 1 rings (SSSR count). The number of carbonyl (C=O) groups excluding carboxylic acids is 1. The number of hydrogen-bond donors (Lipinski definition) is 4. The Morgan fingerprint density at radius 3 is 2.56 bits per heavy atom. The second kappa shape index (κ2) is 7.23. The summed E-state index contributed by atoms with van der Waals surface area (Å²) in [4.78, 5) is 25.4. The predicted molar refractivity (Wildman–Crippen MR) is 62.7 cm³/mol. The summed E-state index contributed by atoms with van der Waals surface area (Å²) in [6.07, 6.45) is 1.76. The molecule has 0 aliphatic carbocycles. The Morgan fingerprint density at radius 1 is 1.28 bits per heavy atom. The van der Waals surface area contributed by atoms with E-state index in [1.165, 1.54) is 0 Å². The number of amides is 2. The van der Waals surface area contributed by atoms with Crippen LogP contribution in [-0.2, 0) is 11.3 Å². The van der Waals surface area contributed by atoms with Crippen LogP contribution < -0.4 is 10.6 Å². The van der Waals surface area contributed by atoms with E-state index in [-0.39, 0.29) is 13.0 Å². The van der Waals surface area contributed by atoms with Gasteiger partial charge in [-0.3, -0.25) is 4.98 Å². The lowest BCUT2D eigenvalue weighted by Gasteiger charge is -2.08. The molecule has 1 atom stereocenters. The van der Waals surface area contributed by atoms with Crippen molar-refractivity contribution < 1.29 is 19.8 Å². The van der Waals surface area contributed by atoms with Gasteiger partial charge in [-0.2, -0.15) is 0 Å². The summed E-state index contributed by atoms with van der Waals surface area (Å²) in [7, 11) is 0. The normalized spacial score (nSPS) is 11.6. The molecule has 18 heavy (non-hydrogen) atoms. The molecule has 4 N–H and O–H groups in total. The summed E-state index contributed by atoms with van der Waals surface area (Å²) >= 11 is 0. The average Bonchev–Trinajstić information content (AvgIpc) is 2.37. The van der Waals surface area contributed by atoms with Gasteiger partial charge in [0.1, 0.15) is 0 Å². The van der Waals surface area contributed by atoms with Crippen molar-refractivity contribution >= 4 is 12.0 Å². The van der Waals surface area contributed by atoms with Gasteiger partial charge in [0.05, 0.1) is 0 Å². The fourth-order valence-corrected chi connectivity index (χ4v) is 1.19. The van der Waals surface area contributed by atoms with Crippen LogP contribution in [0.2, 0.25) is 0 Å². The molecule has 0 spiro atoms. The summed E-state index contributed by atoms with van der Waals surface area (Å²) in [5, 5.41) is 22.4. The summed E-state index contributed by atoms with van der Waals surface area (Å²) in [6.45, 7) is 0.450. The molecule has 1 heterocycles. The van der Waals surface area contributed by atoms with Crippen LogP contribution in [0.25, 0.3) is 0 Å². The van der Waals surface area contributed by atoms with Crippen molar-refractivity contribution in [2.45, 2.75) is 19.1 Å². The van der Waals surface area contributed by atoms with Crippen molar-refractivity contribution in [3.05, 3.63) is 30.1 Å². The lowest BCUT2D eigenvalue weighted by atomic mass is 10.2. The first-order chi connectivity index (χ1) is 8.59. The third-order valence-corrected chi connectivity index (χ3v) is 2.19. The van der Waals surface area contributed by atoms with Crippen LogP contribution in [0.5, 0.6) is 0 Å². The zero-order chi connectivity index (χ0) is 13.4. The fourth-order valence-electron chi connectivity index (χ4n) is 1.19. The van der Waals surface area contributed by atoms with E-state index in [9.17, 15) is 9.59 Å². The zero-order valence-electron chi connectivity index (χ0n) is 9.67. The molecule has 1 aromatic rings. The predicted octanol–water partition coefficient (Wildman–Crippen LogP) is -0.284. The number of aliphatic hydroxyl groups is 1. The summed E-state index contributed by atoms with van der Waals surface area (Å²) < 4.78 is 0. The lowest BCUT2D eigenvalue weighted by molar-refractivity contribution is -0.146. The van der Waals surface area contributed by atoms with Crippen LogP contribution in [0.1, 0.15) is 12.0 Å². The van der Waals surface area contributed by atoms with Crippen molar-refractivity contribution in [1.29, 1.82) is 0 Å². The Balaban J connectivity index is 2.17.